The summed E-state index contributed by atoms with van der Waals surface area (Å²) in [6.45, 7) is 1.85. The highest BCUT2D eigenvalue weighted by atomic mass is 35.5. The van der Waals surface area contributed by atoms with Crippen LogP contribution in [-0.4, -0.2) is 43.8 Å². The lowest BCUT2D eigenvalue weighted by molar-refractivity contribution is 0.181. The molecule has 2 aromatic carbocycles. The highest BCUT2D eigenvalue weighted by molar-refractivity contribution is 7.89. The number of sulfonamides is 1. The number of piperazine rings is 1. The van der Waals surface area contributed by atoms with Gasteiger partial charge in [-0.15, -0.1) is 0 Å². The molecule has 1 aliphatic rings. The molecule has 4 nitrogen and oxygen atoms in total. The van der Waals surface area contributed by atoms with Crippen LogP contribution in [0.2, 0.25) is 5.02 Å². The number of hydrogen-bond donors (Lipinski definition) is 0. The summed E-state index contributed by atoms with van der Waals surface area (Å²) in [5.74, 6) is -2.14. The summed E-state index contributed by atoms with van der Waals surface area (Å²) in [4.78, 5) is 1.18. The zero-order valence-electron chi connectivity index (χ0n) is 13.3. The molecule has 0 N–H and O–H groups in total. The van der Waals surface area contributed by atoms with Crippen molar-refractivity contribution in [2.75, 3.05) is 26.2 Å². The Hall–Kier alpha value is -1.54. The number of hydrogen-bond acceptors (Lipinski definition) is 3. The van der Waals surface area contributed by atoms with E-state index in [1.807, 2.05) is 18.2 Å². The van der Waals surface area contributed by atoms with Crippen molar-refractivity contribution < 1.29 is 17.2 Å². The van der Waals surface area contributed by atoms with Crippen LogP contribution in [0.15, 0.2) is 47.4 Å². The summed E-state index contributed by atoms with van der Waals surface area (Å²) in [5, 5.41) is 0.658. The maximum atomic E-state index is 13.8. The van der Waals surface area contributed by atoms with Crippen LogP contribution in [0.1, 0.15) is 5.56 Å². The van der Waals surface area contributed by atoms with Gasteiger partial charge in [0.25, 0.3) is 0 Å². The third-order valence-corrected chi connectivity index (χ3v) is 6.52. The summed E-state index contributed by atoms with van der Waals surface area (Å²) in [5.41, 5.74) is 0.959. The van der Waals surface area contributed by atoms with E-state index < -0.39 is 26.6 Å². The summed E-state index contributed by atoms with van der Waals surface area (Å²) in [7, 11) is -4.20. The third kappa shape index (κ3) is 3.84. The molecule has 1 heterocycles. The van der Waals surface area contributed by atoms with Gasteiger partial charge in [0.1, 0.15) is 11.6 Å². The summed E-state index contributed by atoms with van der Waals surface area (Å²) >= 11 is 6.14. The lowest BCUT2D eigenvalue weighted by atomic mass is 10.2. The van der Waals surface area contributed by atoms with Gasteiger partial charge in [-0.1, -0.05) is 35.9 Å². The van der Waals surface area contributed by atoms with E-state index in [1.54, 1.807) is 6.07 Å². The SMILES string of the molecule is O=S(=O)(c1c(F)cccc1F)N1CCN(Cc2ccccc2Cl)CC1. The second kappa shape index (κ2) is 7.37. The minimum Gasteiger partial charge on any atom is -0.296 e. The molecule has 1 aliphatic heterocycles. The van der Waals surface area contributed by atoms with Crippen LogP contribution in [0.25, 0.3) is 0 Å². The smallest absolute Gasteiger partial charge is 0.249 e. The van der Waals surface area contributed by atoms with E-state index in [-0.39, 0.29) is 13.1 Å². The largest absolute Gasteiger partial charge is 0.296 e. The maximum absolute atomic E-state index is 13.8. The normalized spacial score (nSPS) is 16.9. The van der Waals surface area contributed by atoms with Gasteiger partial charge < -0.3 is 0 Å². The first-order chi connectivity index (χ1) is 11.9. The van der Waals surface area contributed by atoms with Gasteiger partial charge in [0, 0.05) is 37.7 Å². The molecule has 0 amide bonds. The Kier molecular flexibility index (Phi) is 5.38. The highest BCUT2D eigenvalue weighted by Gasteiger charge is 2.33. The van der Waals surface area contributed by atoms with Crippen LogP contribution < -0.4 is 0 Å². The molecule has 0 bridgehead atoms. The Balaban J connectivity index is 1.71. The lowest BCUT2D eigenvalue weighted by Crippen LogP contribution is -2.48. The van der Waals surface area contributed by atoms with Crippen LogP contribution in [0.3, 0.4) is 0 Å². The number of nitrogens with zero attached hydrogens (tertiary/aromatic N) is 2. The van der Waals surface area contributed by atoms with Gasteiger partial charge in [0.15, 0.2) is 4.90 Å². The Morgan fingerprint density at radius 1 is 0.920 bits per heavy atom. The predicted octanol–water partition coefficient (Wildman–Crippen LogP) is 3.12. The van der Waals surface area contributed by atoms with Crippen molar-refractivity contribution in [1.82, 2.24) is 9.21 Å². The minimum absolute atomic E-state index is 0.167. The first-order valence-electron chi connectivity index (χ1n) is 7.79. The molecule has 0 spiro atoms. The fourth-order valence-electron chi connectivity index (χ4n) is 2.85. The second-order valence-corrected chi connectivity index (χ2v) is 8.10. The van der Waals surface area contributed by atoms with Gasteiger partial charge in [-0.3, -0.25) is 4.90 Å². The molecule has 0 saturated carbocycles. The van der Waals surface area contributed by atoms with Gasteiger partial charge in [-0.05, 0) is 23.8 Å². The van der Waals surface area contributed by atoms with Gasteiger partial charge in [-0.25, -0.2) is 17.2 Å². The molecule has 2 aromatic rings. The predicted molar refractivity (Wildman–Crippen MR) is 91.8 cm³/mol. The average molecular weight is 387 g/mol. The van der Waals surface area contributed by atoms with Crippen molar-refractivity contribution in [2.24, 2.45) is 0 Å². The topological polar surface area (TPSA) is 40.6 Å². The number of rotatable bonds is 4. The zero-order chi connectivity index (χ0) is 18.0. The van der Waals surface area contributed by atoms with E-state index in [2.05, 4.69) is 4.90 Å². The van der Waals surface area contributed by atoms with Crippen molar-refractivity contribution in [3.63, 3.8) is 0 Å². The second-order valence-electron chi connectivity index (χ2n) is 5.82. The molecule has 3 rings (SSSR count). The van der Waals surface area contributed by atoms with E-state index in [0.29, 0.717) is 24.7 Å². The van der Waals surface area contributed by atoms with Crippen molar-refractivity contribution in [1.29, 1.82) is 0 Å². The van der Waals surface area contributed by atoms with Crippen LogP contribution in [0.5, 0.6) is 0 Å². The van der Waals surface area contributed by atoms with E-state index in [1.165, 1.54) is 0 Å². The Morgan fingerprint density at radius 2 is 1.52 bits per heavy atom. The van der Waals surface area contributed by atoms with Crippen molar-refractivity contribution in [2.45, 2.75) is 11.4 Å². The van der Waals surface area contributed by atoms with Crippen LogP contribution in [0.4, 0.5) is 8.78 Å². The fraction of sp³-hybridized carbons (Fsp3) is 0.294. The molecular formula is C17H17ClF2N2O2S. The highest BCUT2D eigenvalue weighted by Crippen LogP contribution is 2.24. The fourth-order valence-corrected chi connectivity index (χ4v) is 4.58. The molecular weight excluding hydrogens is 370 g/mol. The van der Waals surface area contributed by atoms with Gasteiger partial charge in [0.2, 0.25) is 10.0 Å². The molecule has 0 atom stereocenters. The van der Waals surface area contributed by atoms with Gasteiger partial charge >= 0.3 is 0 Å². The molecule has 8 heteroatoms. The molecule has 0 radical (unpaired) electrons. The molecule has 1 saturated heterocycles. The van der Waals surface area contributed by atoms with Crippen LogP contribution in [0, 0.1) is 11.6 Å². The standard InChI is InChI=1S/C17H17ClF2N2O2S/c18-14-5-2-1-4-13(14)12-21-8-10-22(11-9-21)25(23,24)17-15(19)6-3-7-16(17)20/h1-7H,8-12H2. The molecule has 0 aliphatic carbocycles. The molecule has 25 heavy (non-hydrogen) atoms. The molecule has 134 valence electrons. The monoisotopic (exact) mass is 386 g/mol. The Labute approximate surface area is 150 Å². The van der Waals surface area contributed by atoms with Crippen molar-refractivity contribution in [3.05, 3.63) is 64.7 Å². The number of halogens is 3. The molecule has 1 fully saturated rings. The van der Waals surface area contributed by atoms with E-state index in [4.69, 9.17) is 11.6 Å². The van der Waals surface area contributed by atoms with Crippen molar-refractivity contribution in [3.8, 4) is 0 Å². The first-order valence-corrected chi connectivity index (χ1v) is 9.61. The van der Waals surface area contributed by atoms with Crippen LogP contribution in [-0.2, 0) is 16.6 Å². The van der Waals surface area contributed by atoms with E-state index >= 15 is 0 Å². The summed E-state index contributed by atoms with van der Waals surface area (Å²) < 4.78 is 53.9. The minimum atomic E-state index is -4.20. The summed E-state index contributed by atoms with van der Waals surface area (Å²) in [6, 6.07) is 10.5. The van der Waals surface area contributed by atoms with E-state index in [0.717, 1.165) is 28.1 Å². The zero-order valence-corrected chi connectivity index (χ0v) is 14.9. The lowest BCUT2D eigenvalue weighted by Gasteiger charge is -2.34. The third-order valence-electron chi connectivity index (χ3n) is 4.20. The number of benzene rings is 2. The quantitative estimate of drug-likeness (QED) is 0.810. The van der Waals surface area contributed by atoms with Gasteiger partial charge in [0.05, 0.1) is 0 Å². The van der Waals surface area contributed by atoms with Crippen LogP contribution >= 0.6 is 11.6 Å². The maximum Gasteiger partial charge on any atom is 0.249 e. The van der Waals surface area contributed by atoms with Gasteiger partial charge in [-0.2, -0.15) is 4.31 Å². The van der Waals surface area contributed by atoms with Crippen molar-refractivity contribution >= 4 is 21.6 Å². The average Bonchev–Trinajstić information content (AvgIpc) is 2.57. The summed E-state index contributed by atoms with van der Waals surface area (Å²) in [6.07, 6.45) is 0. The molecule has 0 unspecified atom stereocenters. The van der Waals surface area contributed by atoms with E-state index in [9.17, 15) is 17.2 Å². The molecule has 0 aromatic heterocycles. The first kappa shape index (κ1) is 18.3. The Bertz CT molecular complexity index is 848. The Morgan fingerprint density at radius 3 is 2.12 bits per heavy atom.